The van der Waals surface area contributed by atoms with E-state index < -0.39 is 17.2 Å². The first kappa shape index (κ1) is 27.8. The number of ether oxygens (including phenoxy) is 1. The summed E-state index contributed by atoms with van der Waals surface area (Å²) in [6, 6.07) is 18.6. The number of rotatable bonds is 6. The Morgan fingerprint density at radius 1 is 0.875 bits per heavy atom. The molecule has 6 nitrogen and oxygen atoms in total. The lowest BCUT2D eigenvalue weighted by atomic mass is 9.90. The van der Waals surface area contributed by atoms with E-state index in [0.29, 0.717) is 48.6 Å². The highest BCUT2D eigenvalue weighted by molar-refractivity contribution is 5.95. The monoisotopic (exact) mass is 547 g/mol. The molecular weight excluding hydrogens is 512 g/mol. The Morgan fingerprint density at radius 2 is 1.62 bits per heavy atom. The Balaban J connectivity index is 1.28. The van der Waals surface area contributed by atoms with E-state index in [4.69, 9.17) is 4.74 Å². The third-order valence-electron chi connectivity index (χ3n) is 7.69. The summed E-state index contributed by atoms with van der Waals surface area (Å²) in [6.45, 7) is 7.71. The molecule has 3 aromatic rings. The molecule has 2 fully saturated rings. The molecule has 210 valence electrons. The van der Waals surface area contributed by atoms with Crippen LogP contribution in [-0.2, 0) is 4.79 Å². The minimum absolute atomic E-state index is 0.0283. The molecule has 0 spiro atoms. The maximum Gasteiger partial charge on any atom is 0.266 e. The Labute approximate surface area is 233 Å². The first-order chi connectivity index (χ1) is 19.2. The van der Waals surface area contributed by atoms with Gasteiger partial charge in [0, 0.05) is 50.7 Å². The van der Waals surface area contributed by atoms with Gasteiger partial charge in [0.2, 0.25) is 0 Å². The summed E-state index contributed by atoms with van der Waals surface area (Å²) in [7, 11) is 0. The van der Waals surface area contributed by atoms with Crippen molar-refractivity contribution in [3.63, 3.8) is 0 Å². The smallest absolute Gasteiger partial charge is 0.266 e. The van der Waals surface area contributed by atoms with E-state index in [-0.39, 0.29) is 17.7 Å². The predicted molar refractivity (Wildman–Crippen MR) is 150 cm³/mol. The lowest BCUT2D eigenvalue weighted by molar-refractivity contribution is -0.146. The Morgan fingerprint density at radius 3 is 2.40 bits per heavy atom. The average molecular weight is 548 g/mol. The highest BCUT2D eigenvalue weighted by atomic mass is 19.2. The number of halogens is 2. The fourth-order valence-electron chi connectivity index (χ4n) is 5.54. The van der Waals surface area contributed by atoms with Crippen LogP contribution in [-0.4, -0.2) is 66.5 Å². The van der Waals surface area contributed by atoms with Gasteiger partial charge in [-0.3, -0.25) is 9.59 Å². The zero-order chi connectivity index (χ0) is 28.3. The topological polar surface area (TPSA) is 61.9 Å². The van der Waals surface area contributed by atoms with Gasteiger partial charge in [-0.25, -0.2) is 8.78 Å². The van der Waals surface area contributed by atoms with Crippen molar-refractivity contribution in [3.8, 4) is 16.9 Å². The van der Waals surface area contributed by atoms with E-state index >= 15 is 0 Å². The lowest BCUT2D eigenvalue weighted by Crippen LogP contribution is -2.54. The van der Waals surface area contributed by atoms with Crippen LogP contribution in [0.1, 0.15) is 48.5 Å². The highest BCUT2D eigenvalue weighted by Gasteiger charge is 2.35. The molecule has 3 aromatic carbocycles. The van der Waals surface area contributed by atoms with Gasteiger partial charge >= 0.3 is 0 Å². The summed E-state index contributed by atoms with van der Waals surface area (Å²) >= 11 is 0. The number of hydrogen-bond acceptors (Lipinski definition) is 4. The van der Waals surface area contributed by atoms with Gasteiger partial charge in [-0.15, -0.1) is 0 Å². The molecule has 0 aliphatic carbocycles. The number of likely N-dealkylation sites (tertiary alicyclic amines) is 1. The van der Waals surface area contributed by atoms with Crippen LogP contribution >= 0.6 is 0 Å². The SMILES string of the molecule is CC(C)(Oc1cccc(C2CCCN(C(=O)c3cccc(-c4ccc(F)c(F)c4)c3)C2)c1)C(=O)N1CCNCC1. The van der Waals surface area contributed by atoms with E-state index in [1.165, 1.54) is 6.07 Å². The standard InChI is InChI=1S/C32H35F2N3O3/c1-32(2,31(39)36-16-13-35-14-17-36)40-27-10-4-7-23(19-27)26-9-5-15-37(21-26)30(38)25-8-3-6-22(18-25)24-11-12-28(33)29(34)20-24/h3-4,6-8,10-12,18-20,26,35H,5,9,13-17,21H2,1-2H3. The number of piperazine rings is 1. The van der Waals surface area contributed by atoms with Crippen LogP contribution in [0.5, 0.6) is 5.75 Å². The molecule has 1 N–H and O–H groups in total. The average Bonchev–Trinajstić information content (AvgIpc) is 2.98. The molecule has 0 saturated carbocycles. The number of carbonyl (C=O) groups excluding carboxylic acids is 2. The second-order valence-electron chi connectivity index (χ2n) is 11.0. The first-order valence-electron chi connectivity index (χ1n) is 13.8. The lowest BCUT2D eigenvalue weighted by Gasteiger charge is -2.35. The number of piperidine rings is 1. The van der Waals surface area contributed by atoms with Crippen LogP contribution in [0.2, 0.25) is 0 Å². The minimum Gasteiger partial charge on any atom is -0.478 e. The molecule has 0 aromatic heterocycles. The normalized spacial score (nSPS) is 17.9. The van der Waals surface area contributed by atoms with Gasteiger partial charge < -0.3 is 19.9 Å². The first-order valence-corrected chi connectivity index (χ1v) is 13.8. The molecule has 0 radical (unpaired) electrons. The molecule has 0 bridgehead atoms. The van der Waals surface area contributed by atoms with Crippen molar-refractivity contribution >= 4 is 11.8 Å². The molecule has 8 heteroatoms. The number of amides is 2. The van der Waals surface area contributed by atoms with Crippen molar-refractivity contribution in [1.29, 1.82) is 0 Å². The second-order valence-corrected chi connectivity index (χ2v) is 11.0. The molecule has 2 aliphatic rings. The summed E-state index contributed by atoms with van der Waals surface area (Å²) in [5.74, 6) is -1.18. The van der Waals surface area contributed by atoms with Crippen molar-refractivity contribution in [2.75, 3.05) is 39.3 Å². The van der Waals surface area contributed by atoms with Gasteiger partial charge in [0.25, 0.3) is 11.8 Å². The maximum atomic E-state index is 13.8. The number of nitrogens with one attached hydrogen (secondary N) is 1. The third-order valence-corrected chi connectivity index (χ3v) is 7.69. The highest BCUT2D eigenvalue weighted by Crippen LogP contribution is 2.32. The van der Waals surface area contributed by atoms with Crippen molar-refractivity contribution in [3.05, 3.63) is 89.5 Å². The predicted octanol–water partition coefficient (Wildman–Crippen LogP) is 5.24. The number of nitrogens with zero attached hydrogens (tertiary/aromatic N) is 2. The summed E-state index contributed by atoms with van der Waals surface area (Å²) < 4.78 is 33.4. The van der Waals surface area contributed by atoms with Crippen LogP contribution in [0.15, 0.2) is 66.7 Å². The molecule has 1 unspecified atom stereocenters. The zero-order valence-electron chi connectivity index (χ0n) is 23.0. The summed E-state index contributed by atoms with van der Waals surface area (Å²) in [6.07, 6.45) is 1.79. The fraction of sp³-hybridized carbons (Fsp3) is 0.375. The summed E-state index contributed by atoms with van der Waals surface area (Å²) in [5, 5.41) is 3.26. The molecule has 40 heavy (non-hydrogen) atoms. The maximum absolute atomic E-state index is 13.8. The Bertz CT molecular complexity index is 1390. The molecule has 5 rings (SSSR count). The van der Waals surface area contributed by atoms with Gasteiger partial charge in [0.05, 0.1) is 0 Å². The van der Waals surface area contributed by atoms with Crippen molar-refractivity contribution < 1.29 is 23.1 Å². The van der Waals surface area contributed by atoms with Gasteiger partial charge in [-0.2, -0.15) is 0 Å². The van der Waals surface area contributed by atoms with E-state index in [1.54, 1.807) is 38.1 Å². The largest absolute Gasteiger partial charge is 0.478 e. The number of hydrogen-bond donors (Lipinski definition) is 1. The fourth-order valence-corrected chi connectivity index (χ4v) is 5.54. The Kier molecular flexibility index (Phi) is 8.17. The van der Waals surface area contributed by atoms with E-state index in [2.05, 4.69) is 5.32 Å². The van der Waals surface area contributed by atoms with E-state index in [1.807, 2.05) is 34.1 Å². The van der Waals surface area contributed by atoms with Crippen molar-refractivity contribution in [1.82, 2.24) is 15.1 Å². The zero-order valence-corrected chi connectivity index (χ0v) is 23.0. The van der Waals surface area contributed by atoms with Crippen LogP contribution in [0, 0.1) is 11.6 Å². The molecule has 2 aliphatic heterocycles. The molecule has 2 amide bonds. The van der Waals surface area contributed by atoms with Crippen LogP contribution in [0.3, 0.4) is 0 Å². The Hall–Kier alpha value is -3.78. The van der Waals surface area contributed by atoms with Crippen molar-refractivity contribution in [2.45, 2.75) is 38.2 Å². The van der Waals surface area contributed by atoms with Crippen LogP contribution in [0.25, 0.3) is 11.1 Å². The van der Waals surface area contributed by atoms with Crippen molar-refractivity contribution in [2.24, 2.45) is 0 Å². The molecule has 2 heterocycles. The molecule has 1 atom stereocenters. The minimum atomic E-state index is -0.997. The van der Waals surface area contributed by atoms with Crippen LogP contribution < -0.4 is 10.1 Å². The molecular formula is C32H35F2N3O3. The van der Waals surface area contributed by atoms with E-state index in [9.17, 15) is 18.4 Å². The second kappa shape index (κ2) is 11.8. The summed E-state index contributed by atoms with van der Waals surface area (Å²) in [5.41, 5.74) is 1.74. The number of carbonyl (C=O) groups is 2. The molecule has 2 saturated heterocycles. The van der Waals surface area contributed by atoms with Gasteiger partial charge in [-0.05, 0) is 79.8 Å². The number of benzene rings is 3. The third kappa shape index (κ3) is 6.17. The van der Waals surface area contributed by atoms with Gasteiger partial charge in [-0.1, -0.05) is 30.3 Å². The van der Waals surface area contributed by atoms with Gasteiger partial charge in [0.15, 0.2) is 17.2 Å². The quantitative estimate of drug-likeness (QED) is 0.459. The van der Waals surface area contributed by atoms with Gasteiger partial charge in [0.1, 0.15) is 5.75 Å². The van der Waals surface area contributed by atoms with E-state index in [0.717, 1.165) is 43.6 Å². The van der Waals surface area contributed by atoms with Crippen LogP contribution in [0.4, 0.5) is 8.78 Å². The summed E-state index contributed by atoms with van der Waals surface area (Å²) in [4.78, 5) is 30.3.